The summed E-state index contributed by atoms with van der Waals surface area (Å²) < 4.78 is 43.2. The van der Waals surface area contributed by atoms with Crippen LogP contribution in [-0.4, -0.2) is 17.6 Å². The molecule has 0 aliphatic carbocycles. The highest BCUT2D eigenvalue weighted by molar-refractivity contribution is 5.73. The standard InChI is InChI=1S/C10H11F3N2O2/c1-2-17-6(16)3-5-4-15-10(14)8(11)7(5)9(12)13/h4,9H,2-3H2,1H3,(H2,14,15). The number of halogens is 3. The van der Waals surface area contributed by atoms with Gasteiger partial charge < -0.3 is 10.5 Å². The molecule has 1 rings (SSSR count). The molecule has 17 heavy (non-hydrogen) atoms. The Balaban J connectivity index is 3.07. The second kappa shape index (κ2) is 5.51. The number of pyridine rings is 1. The van der Waals surface area contributed by atoms with Gasteiger partial charge in [0.05, 0.1) is 18.6 Å². The van der Waals surface area contributed by atoms with E-state index in [4.69, 9.17) is 5.73 Å². The van der Waals surface area contributed by atoms with Gasteiger partial charge in [0, 0.05) is 6.20 Å². The number of nitrogens with zero attached hydrogens (tertiary/aromatic N) is 1. The first-order valence-corrected chi connectivity index (χ1v) is 4.83. The molecule has 0 fully saturated rings. The van der Waals surface area contributed by atoms with Crippen molar-refractivity contribution in [1.29, 1.82) is 0 Å². The maximum atomic E-state index is 13.3. The Labute approximate surface area is 95.6 Å². The summed E-state index contributed by atoms with van der Waals surface area (Å²) >= 11 is 0. The van der Waals surface area contributed by atoms with Crippen molar-refractivity contribution in [3.63, 3.8) is 0 Å². The zero-order chi connectivity index (χ0) is 13.0. The van der Waals surface area contributed by atoms with Crippen molar-refractivity contribution in [2.45, 2.75) is 19.8 Å². The average molecular weight is 248 g/mol. The molecule has 0 saturated heterocycles. The summed E-state index contributed by atoms with van der Waals surface area (Å²) in [5.41, 5.74) is 3.97. The van der Waals surface area contributed by atoms with E-state index >= 15 is 0 Å². The fourth-order valence-electron chi connectivity index (χ4n) is 1.30. The summed E-state index contributed by atoms with van der Waals surface area (Å²) in [5.74, 6) is -2.63. The normalized spacial score (nSPS) is 10.6. The lowest BCUT2D eigenvalue weighted by Crippen LogP contribution is -2.12. The van der Waals surface area contributed by atoms with Crippen LogP contribution in [0, 0.1) is 5.82 Å². The number of nitrogen functional groups attached to an aromatic ring is 1. The van der Waals surface area contributed by atoms with Crippen LogP contribution in [0.5, 0.6) is 0 Å². The summed E-state index contributed by atoms with van der Waals surface area (Å²) in [6.45, 7) is 1.70. The third-order valence-electron chi connectivity index (χ3n) is 2.03. The highest BCUT2D eigenvalue weighted by Crippen LogP contribution is 2.28. The van der Waals surface area contributed by atoms with Crippen LogP contribution in [0.1, 0.15) is 24.5 Å². The molecule has 1 aromatic heterocycles. The number of nitrogens with two attached hydrogens (primary N) is 1. The van der Waals surface area contributed by atoms with Gasteiger partial charge in [-0.05, 0) is 12.5 Å². The molecule has 7 heteroatoms. The van der Waals surface area contributed by atoms with E-state index in [2.05, 4.69) is 9.72 Å². The van der Waals surface area contributed by atoms with Gasteiger partial charge in [-0.1, -0.05) is 0 Å². The van der Waals surface area contributed by atoms with Crippen LogP contribution in [0.3, 0.4) is 0 Å². The Hall–Kier alpha value is -1.79. The van der Waals surface area contributed by atoms with Crippen molar-refractivity contribution in [1.82, 2.24) is 4.98 Å². The molecule has 0 bridgehead atoms. The SMILES string of the molecule is CCOC(=O)Cc1cnc(N)c(F)c1C(F)F. The van der Waals surface area contributed by atoms with E-state index in [1.54, 1.807) is 6.92 Å². The molecule has 2 N–H and O–H groups in total. The predicted octanol–water partition coefficient (Wildman–Crippen LogP) is 1.85. The molecular formula is C10H11F3N2O2. The Kier molecular flexibility index (Phi) is 4.30. The molecule has 0 unspecified atom stereocenters. The van der Waals surface area contributed by atoms with Gasteiger partial charge in [0.2, 0.25) is 0 Å². The van der Waals surface area contributed by atoms with Crippen molar-refractivity contribution >= 4 is 11.8 Å². The zero-order valence-corrected chi connectivity index (χ0v) is 9.04. The average Bonchev–Trinajstić information content (AvgIpc) is 2.23. The fourth-order valence-corrected chi connectivity index (χ4v) is 1.30. The molecule has 0 amide bonds. The van der Waals surface area contributed by atoms with Crippen LogP contribution in [0.2, 0.25) is 0 Å². The lowest BCUT2D eigenvalue weighted by Gasteiger charge is -2.10. The molecule has 4 nitrogen and oxygen atoms in total. The van der Waals surface area contributed by atoms with Gasteiger partial charge in [-0.3, -0.25) is 4.79 Å². The maximum Gasteiger partial charge on any atom is 0.310 e. The van der Waals surface area contributed by atoms with Gasteiger partial charge in [-0.2, -0.15) is 0 Å². The number of ether oxygens (including phenoxy) is 1. The minimum Gasteiger partial charge on any atom is -0.466 e. The second-order valence-corrected chi connectivity index (χ2v) is 3.18. The predicted molar refractivity (Wildman–Crippen MR) is 53.9 cm³/mol. The highest BCUT2D eigenvalue weighted by atomic mass is 19.3. The van der Waals surface area contributed by atoms with E-state index in [0.717, 1.165) is 6.20 Å². The van der Waals surface area contributed by atoms with Crippen LogP contribution in [0.4, 0.5) is 19.0 Å². The Morgan fingerprint density at radius 2 is 2.24 bits per heavy atom. The fraction of sp³-hybridized carbons (Fsp3) is 0.400. The summed E-state index contributed by atoms with van der Waals surface area (Å²) in [4.78, 5) is 14.5. The summed E-state index contributed by atoms with van der Waals surface area (Å²) in [5, 5.41) is 0. The van der Waals surface area contributed by atoms with Gasteiger partial charge in [0.15, 0.2) is 11.6 Å². The number of anilines is 1. The molecule has 1 aromatic rings. The molecule has 0 saturated carbocycles. The third-order valence-corrected chi connectivity index (χ3v) is 2.03. The van der Waals surface area contributed by atoms with E-state index < -0.39 is 36.0 Å². The van der Waals surface area contributed by atoms with Crippen molar-refractivity contribution < 1.29 is 22.7 Å². The smallest absolute Gasteiger partial charge is 0.310 e. The molecule has 1 heterocycles. The minimum absolute atomic E-state index is 0.119. The van der Waals surface area contributed by atoms with Gasteiger partial charge >= 0.3 is 5.97 Å². The van der Waals surface area contributed by atoms with Crippen LogP contribution in [0.25, 0.3) is 0 Å². The van der Waals surface area contributed by atoms with Gasteiger partial charge in [0.1, 0.15) is 0 Å². The monoisotopic (exact) mass is 248 g/mol. The molecule has 0 atom stereocenters. The van der Waals surface area contributed by atoms with Gasteiger partial charge in [-0.25, -0.2) is 18.2 Å². The number of alkyl halides is 2. The van der Waals surface area contributed by atoms with Gasteiger partial charge in [-0.15, -0.1) is 0 Å². The number of aromatic nitrogens is 1. The molecule has 0 spiro atoms. The van der Waals surface area contributed by atoms with E-state index in [-0.39, 0.29) is 12.2 Å². The van der Waals surface area contributed by atoms with E-state index in [0.29, 0.717) is 0 Å². The number of carbonyl (C=O) groups excluding carboxylic acids is 1. The molecule has 0 aromatic carbocycles. The van der Waals surface area contributed by atoms with E-state index in [9.17, 15) is 18.0 Å². The van der Waals surface area contributed by atoms with Crippen LogP contribution >= 0.6 is 0 Å². The van der Waals surface area contributed by atoms with Crippen molar-refractivity contribution in [2.24, 2.45) is 0 Å². The lowest BCUT2D eigenvalue weighted by molar-refractivity contribution is -0.142. The van der Waals surface area contributed by atoms with Crippen LogP contribution < -0.4 is 5.73 Å². The largest absolute Gasteiger partial charge is 0.466 e. The summed E-state index contributed by atoms with van der Waals surface area (Å²) in [6.07, 6.45) is -2.57. The number of hydrogen-bond acceptors (Lipinski definition) is 4. The maximum absolute atomic E-state index is 13.3. The number of rotatable bonds is 4. The van der Waals surface area contributed by atoms with Crippen LogP contribution in [-0.2, 0) is 16.0 Å². The van der Waals surface area contributed by atoms with Crippen molar-refractivity contribution in [3.8, 4) is 0 Å². The molecule has 0 aliphatic heterocycles. The summed E-state index contributed by atoms with van der Waals surface area (Å²) in [7, 11) is 0. The highest BCUT2D eigenvalue weighted by Gasteiger charge is 2.23. The number of esters is 1. The van der Waals surface area contributed by atoms with Crippen molar-refractivity contribution in [2.75, 3.05) is 12.3 Å². The first-order valence-electron chi connectivity index (χ1n) is 4.83. The third kappa shape index (κ3) is 3.08. The Bertz CT molecular complexity index is 424. The topological polar surface area (TPSA) is 65.2 Å². The Morgan fingerprint density at radius 3 is 2.76 bits per heavy atom. The van der Waals surface area contributed by atoms with E-state index in [1.165, 1.54) is 0 Å². The first-order chi connectivity index (χ1) is 7.97. The lowest BCUT2D eigenvalue weighted by atomic mass is 10.1. The number of hydrogen-bond donors (Lipinski definition) is 1. The van der Waals surface area contributed by atoms with E-state index in [1.807, 2.05) is 0 Å². The molecule has 0 radical (unpaired) electrons. The van der Waals surface area contributed by atoms with Crippen molar-refractivity contribution in [3.05, 3.63) is 23.1 Å². The quantitative estimate of drug-likeness (QED) is 0.826. The molecule has 0 aliphatic rings. The summed E-state index contributed by atoms with van der Waals surface area (Å²) in [6, 6.07) is 0. The second-order valence-electron chi connectivity index (χ2n) is 3.18. The van der Waals surface area contributed by atoms with Crippen LogP contribution in [0.15, 0.2) is 6.20 Å². The number of carbonyl (C=O) groups is 1. The minimum atomic E-state index is -3.07. The van der Waals surface area contributed by atoms with Gasteiger partial charge in [0.25, 0.3) is 6.43 Å². The molecular weight excluding hydrogens is 237 g/mol. The first kappa shape index (κ1) is 13.3. The molecule has 94 valence electrons. The zero-order valence-electron chi connectivity index (χ0n) is 9.04. The Morgan fingerprint density at radius 1 is 1.59 bits per heavy atom.